The summed E-state index contributed by atoms with van der Waals surface area (Å²) >= 11 is 0. The van der Waals surface area contributed by atoms with E-state index in [1.807, 2.05) is 13.0 Å². The van der Waals surface area contributed by atoms with Crippen molar-refractivity contribution in [2.45, 2.75) is 36.7 Å². The van der Waals surface area contributed by atoms with Gasteiger partial charge in [0.1, 0.15) is 16.7 Å². The van der Waals surface area contributed by atoms with E-state index in [1.54, 1.807) is 35.2 Å². The summed E-state index contributed by atoms with van der Waals surface area (Å²) in [4.78, 5) is 26.7. The first-order valence-electron chi connectivity index (χ1n) is 10.4. The van der Waals surface area contributed by atoms with E-state index in [-0.39, 0.29) is 29.4 Å². The van der Waals surface area contributed by atoms with Gasteiger partial charge in [-0.25, -0.2) is 0 Å². The number of fused-ring (bicyclic) bond motifs is 2. The lowest BCUT2D eigenvalue weighted by Gasteiger charge is -2.27. The number of amidine groups is 1. The van der Waals surface area contributed by atoms with E-state index >= 15 is 0 Å². The molecule has 0 saturated carbocycles. The Morgan fingerprint density at radius 2 is 2.09 bits per heavy atom. The second-order valence-electron chi connectivity index (χ2n) is 8.06. The average Bonchev–Trinajstić information content (AvgIpc) is 3.36. The number of ether oxygens (including phenoxy) is 1. The molecule has 0 bridgehead atoms. The van der Waals surface area contributed by atoms with E-state index in [0.29, 0.717) is 35.8 Å². The Hall–Kier alpha value is -3.40. The minimum absolute atomic E-state index is 0.0150. The fourth-order valence-electron chi connectivity index (χ4n) is 4.35. The highest BCUT2D eigenvalue weighted by Crippen LogP contribution is 2.33. The number of nitrogens with zero attached hydrogens (tertiary/aromatic N) is 2. The van der Waals surface area contributed by atoms with Gasteiger partial charge in [-0.05, 0) is 49.6 Å². The highest BCUT2D eigenvalue weighted by atomic mass is 32.2. The average molecular weight is 455 g/mol. The Balaban J connectivity index is 1.35. The zero-order valence-electron chi connectivity index (χ0n) is 17.4. The van der Waals surface area contributed by atoms with Crippen LogP contribution in [0.25, 0.3) is 0 Å². The molecule has 1 unspecified atom stereocenters. The van der Waals surface area contributed by atoms with Gasteiger partial charge in [0.2, 0.25) is 5.91 Å². The first-order valence-corrected chi connectivity index (χ1v) is 11.9. The number of nitrogens with one attached hydrogen (secondary N) is 2. The molecule has 2 aromatic rings. The molecule has 3 aliphatic rings. The van der Waals surface area contributed by atoms with Gasteiger partial charge in [-0.15, -0.1) is 4.40 Å². The minimum atomic E-state index is -3.75. The Morgan fingerprint density at radius 1 is 1.28 bits per heavy atom. The molecule has 10 heteroatoms. The largest absolute Gasteiger partial charge is 0.482 e. The standard InChI is InChI=1S/C22H22N4O5S/c1-13(14-8-9-18-16(11-14)24-20(27)12-31-18)23-22(28)17-6-4-10-26(17)21-15-5-2-3-7-19(15)32(29,30)25-21/h2-3,5,7-9,11,13,17H,4,6,10,12H2,1H3,(H,23,28)(H,24,27)/t13?,17-/m0/s1. The van der Waals surface area contributed by atoms with E-state index in [2.05, 4.69) is 15.0 Å². The zero-order chi connectivity index (χ0) is 22.5. The molecule has 9 nitrogen and oxygen atoms in total. The predicted molar refractivity (Wildman–Crippen MR) is 117 cm³/mol. The van der Waals surface area contributed by atoms with Crippen LogP contribution in [0, 0.1) is 0 Å². The first kappa shape index (κ1) is 20.5. The molecule has 5 rings (SSSR count). The molecule has 2 atom stereocenters. The van der Waals surface area contributed by atoms with Crippen LogP contribution in [-0.2, 0) is 19.6 Å². The molecular weight excluding hydrogens is 432 g/mol. The smallest absolute Gasteiger partial charge is 0.285 e. The van der Waals surface area contributed by atoms with Gasteiger partial charge < -0.3 is 20.3 Å². The number of amides is 2. The Bertz CT molecular complexity index is 1260. The van der Waals surface area contributed by atoms with Crippen LogP contribution in [-0.4, -0.2) is 50.2 Å². The third kappa shape index (κ3) is 3.50. The van der Waals surface area contributed by atoms with E-state index in [9.17, 15) is 18.0 Å². The fourth-order valence-corrected chi connectivity index (χ4v) is 5.57. The molecule has 3 heterocycles. The maximum absolute atomic E-state index is 13.2. The molecule has 0 aromatic heterocycles. The maximum atomic E-state index is 13.2. The number of likely N-dealkylation sites (tertiary alicyclic amines) is 1. The summed E-state index contributed by atoms with van der Waals surface area (Å²) in [5.41, 5.74) is 1.92. The van der Waals surface area contributed by atoms with Crippen molar-refractivity contribution in [3.63, 3.8) is 0 Å². The van der Waals surface area contributed by atoms with Crippen LogP contribution >= 0.6 is 0 Å². The van der Waals surface area contributed by atoms with E-state index in [1.165, 1.54) is 6.07 Å². The van der Waals surface area contributed by atoms with Gasteiger partial charge in [-0.1, -0.05) is 18.2 Å². The lowest BCUT2D eigenvalue weighted by molar-refractivity contribution is -0.125. The highest BCUT2D eigenvalue weighted by Gasteiger charge is 2.39. The molecule has 2 amide bonds. The molecule has 0 spiro atoms. The summed E-state index contributed by atoms with van der Waals surface area (Å²) in [5, 5.41) is 5.78. The van der Waals surface area contributed by atoms with Crippen LogP contribution < -0.4 is 15.4 Å². The quantitative estimate of drug-likeness (QED) is 0.731. The number of hydrogen-bond acceptors (Lipinski definition) is 6. The number of carbonyl (C=O) groups excluding carboxylic acids is 2. The number of rotatable bonds is 3. The number of carbonyl (C=O) groups is 2. The van der Waals surface area contributed by atoms with Crippen LogP contribution in [0.3, 0.4) is 0 Å². The topological polar surface area (TPSA) is 117 Å². The first-order chi connectivity index (χ1) is 15.3. The van der Waals surface area contributed by atoms with Crippen molar-refractivity contribution in [2.75, 3.05) is 18.5 Å². The normalized spacial score (nSPS) is 21.7. The van der Waals surface area contributed by atoms with Crippen LogP contribution in [0.2, 0.25) is 0 Å². The van der Waals surface area contributed by atoms with Crippen LogP contribution in [0.4, 0.5) is 5.69 Å². The van der Waals surface area contributed by atoms with E-state index in [0.717, 1.165) is 12.0 Å². The molecule has 0 aliphatic carbocycles. The lowest BCUT2D eigenvalue weighted by atomic mass is 10.1. The van der Waals surface area contributed by atoms with Crippen molar-refractivity contribution in [3.05, 3.63) is 53.6 Å². The second kappa shape index (κ2) is 7.63. The molecule has 166 valence electrons. The van der Waals surface area contributed by atoms with Gasteiger partial charge in [0.15, 0.2) is 12.4 Å². The van der Waals surface area contributed by atoms with Gasteiger partial charge in [0.25, 0.3) is 15.9 Å². The third-order valence-corrected chi connectivity index (χ3v) is 7.26. The van der Waals surface area contributed by atoms with E-state index in [4.69, 9.17) is 4.74 Å². The van der Waals surface area contributed by atoms with Crippen molar-refractivity contribution in [3.8, 4) is 5.75 Å². The molecule has 0 radical (unpaired) electrons. The number of benzene rings is 2. The van der Waals surface area contributed by atoms with Crippen LogP contribution in [0.1, 0.15) is 36.9 Å². The Kier molecular flexibility index (Phi) is 4.89. The van der Waals surface area contributed by atoms with Gasteiger partial charge >= 0.3 is 0 Å². The van der Waals surface area contributed by atoms with Gasteiger partial charge in [-0.3, -0.25) is 9.59 Å². The lowest BCUT2D eigenvalue weighted by Crippen LogP contribution is -2.46. The third-order valence-electron chi connectivity index (χ3n) is 5.94. The van der Waals surface area contributed by atoms with Crippen molar-refractivity contribution >= 4 is 33.4 Å². The zero-order valence-corrected chi connectivity index (χ0v) is 18.2. The van der Waals surface area contributed by atoms with Crippen LogP contribution in [0.15, 0.2) is 51.8 Å². The minimum Gasteiger partial charge on any atom is -0.482 e. The maximum Gasteiger partial charge on any atom is 0.285 e. The van der Waals surface area contributed by atoms with Crippen molar-refractivity contribution < 1.29 is 22.7 Å². The summed E-state index contributed by atoms with van der Waals surface area (Å²) in [7, 11) is -3.75. The molecule has 2 aromatic carbocycles. The number of sulfonamides is 1. The SMILES string of the molecule is CC(NC(=O)[C@@H]1CCCN1C1=NS(=O)(=O)c2ccccc21)c1ccc2c(c1)NC(=O)CO2. The summed E-state index contributed by atoms with van der Waals surface area (Å²) in [6, 6.07) is 11.2. The predicted octanol–water partition coefficient (Wildman–Crippen LogP) is 1.81. The van der Waals surface area contributed by atoms with Crippen LogP contribution in [0.5, 0.6) is 5.75 Å². The van der Waals surface area contributed by atoms with Gasteiger partial charge in [-0.2, -0.15) is 8.42 Å². The summed E-state index contributed by atoms with van der Waals surface area (Å²) in [6.07, 6.45) is 1.36. The number of anilines is 1. The van der Waals surface area contributed by atoms with Gasteiger partial charge in [0, 0.05) is 12.1 Å². The summed E-state index contributed by atoms with van der Waals surface area (Å²) in [5.74, 6) is 0.505. The summed E-state index contributed by atoms with van der Waals surface area (Å²) < 4.78 is 34.2. The molecule has 1 saturated heterocycles. The molecular formula is C22H22N4O5S. The second-order valence-corrected chi connectivity index (χ2v) is 9.63. The molecule has 1 fully saturated rings. The van der Waals surface area contributed by atoms with Crippen molar-refractivity contribution in [1.82, 2.24) is 10.2 Å². The molecule has 3 aliphatic heterocycles. The fraction of sp³-hybridized carbons (Fsp3) is 0.318. The molecule has 2 N–H and O–H groups in total. The number of hydrogen-bond donors (Lipinski definition) is 2. The van der Waals surface area contributed by atoms with E-state index < -0.39 is 16.1 Å². The Labute approximate surface area is 185 Å². The summed E-state index contributed by atoms with van der Waals surface area (Å²) in [6.45, 7) is 2.40. The molecule has 32 heavy (non-hydrogen) atoms. The van der Waals surface area contributed by atoms with Crippen molar-refractivity contribution in [1.29, 1.82) is 0 Å². The monoisotopic (exact) mass is 454 g/mol. The van der Waals surface area contributed by atoms with Crippen molar-refractivity contribution in [2.24, 2.45) is 4.40 Å². The Morgan fingerprint density at radius 3 is 2.94 bits per heavy atom. The highest BCUT2D eigenvalue weighted by molar-refractivity contribution is 7.90. The van der Waals surface area contributed by atoms with Gasteiger partial charge in [0.05, 0.1) is 11.7 Å².